The largest absolute Gasteiger partial charge is 0.488 e. The maximum absolute atomic E-state index is 14.0. The van der Waals surface area contributed by atoms with Gasteiger partial charge in [0.1, 0.15) is 18.3 Å². The molecule has 0 amide bonds. The Morgan fingerprint density at radius 3 is 2.80 bits per heavy atom. The average molecular weight is 344 g/mol. The summed E-state index contributed by atoms with van der Waals surface area (Å²) in [5.41, 5.74) is 2.69. The van der Waals surface area contributed by atoms with E-state index in [9.17, 15) is 8.78 Å². The fraction of sp³-hybridized carbons (Fsp3) is 0.389. The zero-order valence-electron chi connectivity index (χ0n) is 14.0. The van der Waals surface area contributed by atoms with Crippen LogP contribution in [0.5, 0.6) is 5.75 Å². The van der Waals surface area contributed by atoms with Crippen molar-refractivity contribution in [3.63, 3.8) is 0 Å². The number of hydrogen-bond donors (Lipinski definition) is 0. The first-order valence-electron chi connectivity index (χ1n) is 8.32. The predicted octanol–water partition coefficient (Wildman–Crippen LogP) is 3.43. The Labute approximate surface area is 144 Å². The van der Waals surface area contributed by atoms with E-state index >= 15 is 0 Å². The van der Waals surface area contributed by atoms with Gasteiger partial charge in [0, 0.05) is 24.2 Å². The third-order valence-corrected chi connectivity index (χ3v) is 4.25. The van der Waals surface area contributed by atoms with Crippen molar-refractivity contribution in [3.8, 4) is 5.75 Å². The molecule has 130 valence electrons. The molecular formula is C18H18F2N4O. The first-order chi connectivity index (χ1) is 12.0. The van der Waals surface area contributed by atoms with Crippen molar-refractivity contribution in [1.82, 2.24) is 9.97 Å². The summed E-state index contributed by atoms with van der Waals surface area (Å²) in [7, 11) is 0. The molecule has 0 N–H and O–H groups in total. The molecule has 4 rings (SSSR count). The molecule has 2 aliphatic heterocycles. The van der Waals surface area contributed by atoms with Crippen molar-refractivity contribution in [2.75, 3.05) is 18.0 Å². The third-order valence-electron chi connectivity index (χ3n) is 4.25. The van der Waals surface area contributed by atoms with Crippen molar-refractivity contribution >= 4 is 17.2 Å². The van der Waals surface area contributed by atoms with Crippen LogP contribution in [-0.2, 0) is 0 Å². The van der Waals surface area contributed by atoms with Crippen molar-refractivity contribution < 1.29 is 13.5 Å². The summed E-state index contributed by atoms with van der Waals surface area (Å²) in [4.78, 5) is 14.8. The van der Waals surface area contributed by atoms with Gasteiger partial charge in [-0.1, -0.05) is 0 Å². The number of aliphatic imine (C=N–C) groups is 1. The van der Waals surface area contributed by atoms with Crippen LogP contribution in [0.2, 0.25) is 0 Å². The monoisotopic (exact) mass is 344 g/mol. The van der Waals surface area contributed by atoms with Crippen LogP contribution in [0, 0.1) is 5.82 Å². The van der Waals surface area contributed by atoms with E-state index in [1.165, 1.54) is 12.4 Å². The van der Waals surface area contributed by atoms with Crippen LogP contribution >= 0.6 is 0 Å². The van der Waals surface area contributed by atoms with E-state index in [2.05, 4.69) is 15.0 Å². The second kappa shape index (κ2) is 6.06. The van der Waals surface area contributed by atoms with Gasteiger partial charge in [-0.15, -0.1) is 0 Å². The molecule has 0 aliphatic carbocycles. The maximum atomic E-state index is 14.0. The maximum Gasteiger partial charge on any atom is 0.167 e. The number of hydrogen-bond acceptors (Lipinski definition) is 5. The number of anilines is 1. The smallest absolute Gasteiger partial charge is 0.167 e. The Morgan fingerprint density at radius 1 is 1.24 bits per heavy atom. The molecule has 1 atom stereocenters. The lowest BCUT2D eigenvalue weighted by atomic mass is 9.98. The number of alkyl halides is 1. The molecule has 1 fully saturated rings. The number of halogens is 2. The fourth-order valence-corrected chi connectivity index (χ4v) is 3.07. The van der Waals surface area contributed by atoms with Crippen LogP contribution in [0.25, 0.3) is 0 Å². The van der Waals surface area contributed by atoms with Crippen molar-refractivity contribution in [2.24, 2.45) is 4.99 Å². The van der Waals surface area contributed by atoms with Gasteiger partial charge in [-0.05, 0) is 26.3 Å². The normalized spacial score (nSPS) is 18.8. The van der Waals surface area contributed by atoms with Crippen molar-refractivity contribution in [3.05, 3.63) is 41.6 Å². The highest BCUT2D eigenvalue weighted by Gasteiger charge is 2.27. The standard InChI is InChI=1S/C18H18F2N4O/c1-10(2)25-16-5-12-14(6-13(16)20)23-18(12)15-7-17(22-9-21-15)24-4-3-11(19)8-24/h5-7,9-11H,3-4,8H2,1-2H3. The first-order valence-corrected chi connectivity index (χ1v) is 8.32. The number of nitrogens with zero attached hydrogens (tertiary/aromatic N) is 4. The van der Waals surface area contributed by atoms with Crippen molar-refractivity contribution in [1.29, 1.82) is 0 Å². The molecule has 0 bridgehead atoms. The van der Waals surface area contributed by atoms with E-state index in [4.69, 9.17) is 4.74 Å². The molecule has 3 heterocycles. The van der Waals surface area contributed by atoms with Gasteiger partial charge in [-0.25, -0.2) is 23.7 Å². The number of aromatic nitrogens is 2. The SMILES string of the molecule is CC(C)Oc1cc2c(cc1F)N=C2c1cc(N2CCC(F)C2)ncn1. The van der Waals surface area contributed by atoms with Gasteiger partial charge in [0.15, 0.2) is 11.6 Å². The average Bonchev–Trinajstić information content (AvgIpc) is 3.00. The molecule has 7 heteroatoms. The van der Waals surface area contributed by atoms with Gasteiger partial charge < -0.3 is 9.64 Å². The van der Waals surface area contributed by atoms with Crippen LogP contribution in [0.3, 0.4) is 0 Å². The lowest BCUT2D eigenvalue weighted by molar-refractivity contribution is 0.231. The molecule has 2 aromatic rings. The number of rotatable bonds is 4. The summed E-state index contributed by atoms with van der Waals surface area (Å²) >= 11 is 0. The zero-order chi connectivity index (χ0) is 17.6. The van der Waals surface area contributed by atoms with Gasteiger partial charge in [-0.2, -0.15) is 0 Å². The summed E-state index contributed by atoms with van der Waals surface area (Å²) in [6.07, 6.45) is 1.02. The molecule has 1 unspecified atom stereocenters. The minimum Gasteiger partial charge on any atom is -0.488 e. The highest BCUT2D eigenvalue weighted by atomic mass is 19.1. The number of ether oxygens (including phenoxy) is 1. The Morgan fingerprint density at radius 2 is 2.08 bits per heavy atom. The highest BCUT2D eigenvalue weighted by molar-refractivity contribution is 6.21. The Hall–Kier alpha value is -2.57. The predicted molar refractivity (Wildman–Crippen MR) is 91.2 cm³/mol. The topological polar surface area (TPSA) is 50.6 Å². The molecule has 0 saturated carbocycles. The van der Waals surface area contributed by atoms with E-state index in [1.54, 1.807) is 12.1 Å². The minimum atomic E-state index is -0.820. The summed E-state index contributed by atoms with van der Waals surface area (Å²) in [5, 5.41) is 0. The lowest BCUT2D eigenvalue weighted by Crippen LogP contribution is -2.22. The minimum absolute atomic E-state index is 0.123. The number of benzene rings is 1. The van der Waals surface area contributed by atoms with E-state index in [-0.39, 0.29) is 11.9 Å². The summed E-state index contributed by atoms with van der Waals surface area (Å²) in [5.74, 6) is 0.460. The van der Waals surface area contributed by atoms with Gasteiger partial charge in [0.2, 0.25) is 0 Å². The molecule has 0 radical (unpaired) electrons. The van der Waals surface area contributed by atoms with E-state index in [0.29, 0.717) is 42.4 Å². The van der Waals surface area contributed by atoms with Crippen LogP contribution in [-0.4, -0.2) is 41.0 Å². The zero-order valence-corrected chi connectivity index (χ0v) is 14.0. The second-order valence-corrected chi connectivity index (χ2v) is 6.52. The third kappa shape index (κ3) is 2.94. The molecule has 1 aromatic carbocycles. The molecule has 25 heavy (non-hydrogen) atoms. The van der Waals surface area contributed by atoms with Gasteiger partial charge in [0.25, 0.3) is 0 Å². The van der Waals surface area contributed by atoms with Gasteiger partial charge in [0.05, 0.1) is 29.7 Å². The summed E-state index contributed by atoms with van der Waals surface area (Å²) < 4.78 is 32.9. The Kier molecular flexibility index (Phi) is 3.86. The van der Waals surface area contributed by atoms with Crippen LogP contribution in [0.15, 0.2) is 29.5 Å². The summed E-state index contributed by atoms with van der Waals surface area (Å²) in [6, 6.07) is 4.82. The first kappa shape index (κ1) is 15.9. The molecule has 1 aromatic heterocycles. The molecule has 2 aliphatic rings. The van der Waals surface area contributed by atoms with Crippen LogP contribution in [0.4, 0.5) is 20.3 Å². The van der Waals surface area contributed by atoms with E-state index in [0.717, 1.165) is 5.56 Å². The Bertz CT molecular complexity index is 853. The number of fused-ring (bicyclic) bond motifs is 1. The Balaban J connectivity index is 1.62. The van der Waals surface area contributed by atoms with Crippen molar-refractivity contribution in [2.45, 2.75) is 32.5 Å². The molecule has 5 nitrogen and oxygen atoms in total. The molecular weight excluding hydrogens is 326 g/mol. The van der Waals surface area contributed by atoms with Gasteiger partial charge in [-0.3, -0.25) is 0 Å². The van der Waals surface area contributed by atoms with E-state index < -0.39 is 12.0 Å². The fourth-order valence-electron chi connectivity index (χ4n) is 3.07. The highest BCUT2D eigenvalue weighted by Crippen LogP contribution is 2.37. The van der Waals surface area contributed by atoms with Gasteiger partial charge >= 0.3 is 0 Å². The van der Waals surface area contributed by atoms with Crippen LogP contribution in [0.1, 0.15) is 31.5 Å². The van der Waals surface area contributed by atoms with Crippen LogP contribution < -0.4 is 9.64 Å². The quantitative estimate of drug-likeness (QED) is 0.728. The lowest BCUT2D eigenvalue weighted by Gasteiger charge is -2.22. The molecule has 1 saturated heterocycles. The molecule has 0 spiro atoms. The second-order valence-electron chi connectivity index (χ2n) is 6.52. The van der Waals surface area contributed by atoms with E-state index in [1.807, 2.05) is 18.7 Å². The summed E-state index contributed by atoms with van der Waals surface area (Å²) in [6.45, 7) is 4.67.